The molecule has 134 valence electrons. The predicted octanol–water partition coefficient (Wildman–Crippen LogP) is 3.17. The van der Waals surface area contributed by atoms with Gasteiger partial charge >= 0.3 is 0 Å². The van der Waals surface area contributed by atoms with E-state index in [4.69, 9.17) is 0 Å². The van der Waals surface area contributed by atoms with E-state index in [1.54, 1.807) is 29.5 Å². The van der Waals surface area contributed by atoms with Crippen LogP contribution in [-0.2, 0) is 4.79 Å². The molecule has 0 saturated carbocycles. The molecule has 0 aliphatic rings. The lowest BCUT2D eigenvalue weighted by molar-refractivity contribution is -0.119. The van der Waals surface area contributed by atoms with E-state index in [1.165, 1.54) is 23.0 Å². The highest BCUT2D eigenvalue weighted by Crippen LogP contribution is 2.34. The Morgan fingerprint density at radius 3 is 2.73 bits per heavy atom. The molecule has 0 unspecified atom stereocenters. The monoisotopic (exact) mass is 386 g/mol. The Hall–Kier alpha value is -2.45. The molecule has 0 atom stereocenters. The topological polar surface area (TPSA) is 84.0 Å². The van der Waals surface area contributed by atoms with Gasteiger partial charge in [-0.15, -0.1) is 11.3 Å². The number of thiophene rings is 1. The summed E-state index contributed by atoms with van der Waals surface area (Å²) >= 11 is 2.95. The van der Waals surface area contributed by atoms with Gasteiger partial charge in [0, 0.05) is 15.8 Å². The van der Waals surface area contributed by atoms with Gasteiger partial charge in [0.25, 0.3) is 5.91 Å². The molecule has 3 rings (SSSR count). The van der Waals surface area contributed by atoms with Crippen LogP contribution < -0.4 is 10.9 Å². The van der Waals surface area contributed by atoms with Gasteiger partial charge in [0.2, 0.25) is 5.91 Å². The molecule has 2 amide bonds. The first-order valence-electron chi connectivity index (χ1n) is 7.95. The summed E-state index contributed by atoms with van der Waals surface area (Å²) in [6.45, 7) is 5.98. The third-order valence-corrected chi connectivity index (χ3v) is 5.97. The fourth-order valence-electron chi connectivity index (χ4n) is 2.41. The van der Waals surface area contributed by atoms with Crippen LogP contribution >= 0.6 is 23.1 Å². The van der Waals surface area contributed by atoms with Gasteiger partial charge in [-0.25, -0.2) is 9.97 Å². The van der Waals surface area contributed by atoms with Crippen molar-refractivity contribution >= 4 is 45.1 Å². The van der Waals surface area contributed by atoms with Crippen LogP contribution in [-0.4, -0.2) is 27.5 Å². The summed E-state index contributed by atoms with van der Waals surface area (Å²) in [5.74, 6) is -0.498. The minimum atomic E-state index is -0.346. The maximum absolute atomic E-state index is 12.1. The molecule has 26 heavy (non-hydrogen) atoms. The summed E-state index contributed by atoms with van der Waals surface area (Å²) in [7, 11) is 0. The number of aryl methyl sites for hydroxylation is 3. The molecule has 0 fully saturated rings. The van der Waals surface area contributed by atoms with Crippen LogP contribution in [0.25, 0.3) is 10.2 Å². The summed E-state index contributed by atoms with van der Waals surface area (Å²) in [5.41, 5.74) is 7.49. The fourth-order valence-corrected chi connectivity index (χ4v) is 4.33. The second kappa shape index (κ2) is 7.84. The Labute approximate surface area is 159 Å². The summed E-state index contributed by atoms with van der Waals surface area (Å²) in [6.07, 6.45) is 1.51. The first kappa shape index (κ1) is 18.3. The van der Waals surface area contributed by atoms with Crippen molar-refractivity contribution in [2.24, 2.45) is 0 Å². The highest BCUT2D eigenvalue weighted by molar-refractivity contribution is 8.00. The fraction of sp³-hybridized carbons (Fsp3) is 0.222. The molecule has 2 heterocycles. The molecule has 2 N–H and O–H groups in total. The number of carbonyl (C=O) groups is 2. The van der Waals surface area contributed by atoms with E-state index in [0.717, 1.165) is 26.4 Å². The number of nitrogens with zero attached hydrogens (tertiary/aromatic N) is 2. The van der Waals surface area contributed by atoms with Crippen molar-refractivity contribution in [2.75, 3.05) is 5.75 Å². The van der Waals surface area contributed by atoms with Crippen molar-refractivity contribution in [2.45, 2.75) is 25.8 Å². The average molecular weight is 387 g/mol. The number of aromatic nitrogens is 2. The number of thioether (sulfide) groups is 1. The molecule has 2 aromatic heterocycles. The van der Waals surface area contributed by atoms with E-state index in [2.05, 4.69) is 20.8 Å². The Balaban J connectivity index is 1.59. The Morgan fingerprint density at radius 1 is 1.15 bits per heavy atom. The second-order valence-corrected chi connectivity index (χ2v) is 7.97. The Morgan fingerprint density at radius 2 is 1.96 bits per heavy atom. The van der Waals surface area contributed by atoms with Crippen LogP contribution in [0.4, 0.5) is 0 Å². The number of nitrogens with one attached hydrogen (secondary N) is 2. The zero-order valence-corrected chi connectivity index (χ0v) is 16.3. The van der Waals surface area contributed by atoms with Crippen molar-refractivity contribution in [3.8, 4) is 0 Å². The van der Waals surface area contributed by atoms with Crippen molar-refractivity contribution < 1.29 is 9.59 Å². The molecule has 0 bridgehead atoms. The normalized spacial score (nSPS) is 10.7. The molecule has 8 heteroatoms. The minimum absolute atomic E-state index is 0.147. The number of hydrogen-bond acceptors (Lipinski definition) is 6. The maximum atomic E-state index is 12.1. The van der Waals surface area contributed by atoms with Gasteiger partial charge in [-0.2, -0.15) is 0 Å². The number of hydrogen-bond donors (Lipinski definition) is 2. The lowest BCUT2D eigenvalue weighted by Crippen LogP contribution is -2.42. The van der Waals surface area contributed by atoms with Gasteiger partial charge < -0.3 is 0 Å². The lowest BCUT2D eigenvalue weighted by atomic mass is 10.1. The predicted molar refractivity (Wildman–Crippen MR) is 104 cm³/mol. The summed E-state index contributed by atoms with van der Waals surface area (Å²) in [6, 6.07) is 7.16. The van der Waals surface area contributed by atoms with E-state index in [-0.39, 0.29) is 17.6 Å². The van der Waals surface area contributed by atoms with Crippen molar-refractivity contribution in [3.63, 3.8) is 0 Å². The first-order chi connectivity index (χ1) is 12.5. The van der Waals surface area contributed by atoms with Crippen molar-refractivity contribution in [1.82, 2.24) is 20.8 Å². The molecule has 0 radical (unpaired) electrons. The van der Waals surface area contributed by atoms with Crippen LogP contribution in [0.2, 0.25) is 0 Å². The van der Waals surface area contributed by atoms with E-state index < -0.39 is 0 Å². The number of rotatable bonds is 4. The Kier molecular flexibility index (Phi) is 5.53. The first-order valence-corrected chi connectivity index (χ1v) is 9.75. The molecule has 0 aliphatic heterocycles. The van der Waals surface area contributed by atoms with Gasteiger partial charge in [-0.3, -0.25) is 20.4 Å². The molecule has 6 nitrogen and oxygen atoms in total. The average Bonchev–Trinajstić information content (AvgIpc) is 2.92. The number of amides is 2. The minimum Gasteiger partial charge on any atom is -0.272 e. The SMILES string of the molecule is Cc1cccc(C(=O)NNC(=O)CSc2ncnc3sc(C)c(C)c23)c1. The van der Waals surface area contributed by atoms with Gasteiger partial charge in [-0.05, 0) is 38.5 Å². The quantitative estimate of drug-likeness (QED) is 0.409. The molecule has 3 aromatic rings. The second-order valence-electron chi connectivity index (χ2n) is 5.80. The third kappa shape index (κ3) is 4.03. The summed E-state index contributed by atoms with van der Waals surface area (Å²) in [4.78, 5) is 34.8. The van der Waals surface area contributed by atoms with Crippen LogP contribution in [0.3, 0.4) is 0 Å². The maximum Gasteiger partial charge on any atom is 0.269 e. The zero-order valence-electron chi connectivity index (χ0n) is 14.6. The highest BCUT2D eigenvalue weighted by Gasteiger charge is 2.14. The van der Waals surface area contributed by atoms with Crippen molar-refractivity contribution in [3.05, 3.63) is 52.2 Å². The van der Waals surface area contributed by atoms with E-state index in [0.29, 0.717) is 5.56 Å². The standard InChI is InChI=1S/C18H18N4O2S2/c1-10-5-4-6-13(7-10)16(24)22-21-14(23)8-25-17-15-11(2)12(3)26-18(15)20-9-19-17/h4-7,9H,8H2,1-3H3,(H,21,23)(H,22,24). The largest absolute Gasteiger partial charge is 0.272 e. The zero-order chi connectivity index (χ0) is 18.7. The third-order valence-electron chi connectivity index (χ3n) is 3.87. The van der Waals surface area contributed by atoms with Crippen molar-refractivity contribution in [1.29, 1.82) is 0 Å². The number of fused-ring (bicyclic) bond motifs is 1. The van der Waals surface area contributed by atoms with Gasteiger partial charge in [0.15, 0.2) is 0 Å². The number of hydrazine groups is 1. The van der Waals surface area contributed by atoms with Crippen LogP contribution in [0.15, 0.2) is 35.6 Å². The van der Waals surface area contributed by atoms with Crippen LogP contribution in [0.5, 0.6) is 0 Å². The number of benzene rings is 1. The van der Waals surface area contributed by atoms with E-state index in [1.807, 2.05) is 26.8 Å². The molecule has 0 aliphatic carbocycles. The van der Waals surface area contributed by atoms with Gasteiger partial charge in [-0.1, -0.05) is 29.5 Å². The lowest BCUT2D eigenvalue weighted by Gasteiger charge is -2.08. The van der Waals surface area contributed by atoms with Gasteiger partial charge in [0.1, 0.15) is 16.2 Å². The molecular formula is C18H18N4O2S2. The molecule has 1 aromatic carbocycles. The Bertz CT molecular complexity index is 984. The molecule has 0 spiro atoms. The molecule has 0 saturated heterocycles. The van der Waals surface area contributed by atoms with Crippen LogP contribution in [0, 0.1) is 20.8 Å². The van der Waals surface area contributed by atoms with Gasteiger partial charge in [0.05, 0.1) is 5.75 Å². The molecular weight excluding hydrogens is 368 g/mol. The van der Waals surface area contributed by atoms with E-state index in [9.17, 15) is 9.59 Å². The van der Waals surface area contributed by atoms with E-state index >= 15 is 0 Å². The highest BCUT2D eigenvalue weighted by atomic mass is 32.2. The number of carbonyl (C=O) groups excluding carboxylic acids is 2. The smallest absolute Gasteiger partial charge is 0.269 e. The van der Waals surface area contributed by atoms with Crippen LogP contribution in [0.1, 0.15) is 26.4 Å². The summed E-state index contributed by atoms with van der Waals surface area (Å²) in [5, 5.41) is 1.77. The summed E-state index contributed by atoms with van der Waals surface area (Å²) < 4.78 is 0.